The maximum absolute atomic E-state index is 5.81. The van der Waals surface area contributed by atoms with Crippen molar-refractivity contribution < 1.29 is 9.15 Å². The van der Waals surface area contributed by atoms with Crippen LogP contribution in [0.15, 0.2) is 77.2 Å². The fourth-order valence-electron chi connectivity index (χ4n) is 2.81. The second kappa shape index (κ2) is 7.75. The van der Waals surface area contributed by atoms with E-state index in [4.69, 9.17) is 9.15 Å². The van der Waals surface area contributed by atoms with E-state index in [0.717, 1.165) is 28.0 Å². The Hall–Kier alpha value is -3.59. The quantitative estimate of drug-likeness (QED) is 0.402. The van der Waals surface area contributed by atoms with E-state index < -0.39 is 0 Å². The molecule has 0 fully saturated rings. The minimum Gasteiger partial charge on any atom is -0.497 e. The molecule has 0 saturated carbocycles. The molecular formula is C24H19NO2. The van der Waals surface area contributed by atoms with Crippen LogP contribution in [0.4, 0.5) is 0 Å². The largest absolute Gasteiger partial charge is 0.497 e. The number of benzene rings is 3. The maximum Gasteiger partial charge on any atom is 0.220 e. The summed E-state index contributed by atoms with van der Waals surface area (Å²) in [5.41, 5.74) is 4.90. The second-order valence-corrected chi connectivity index (χ2v) is 6.13. The molecular weight excluding hydrogens is 334 g/mol. The van der Waals surface area contributed by atoms with Crippen LogP contribution in [0.25, 0.3) is 35.4 Å². The molecule has 0 saturated heterocycles. The van der Waals surface area contributed by atoms with Crippen molar-refractivity contribution in [2.75, 3.05) is 7.11 Å². The lowest BCUT2D eigenvalue weighted by Crippen LogP contribution is -1.82. The van der Waals surface area contributed by atoms with Crippen molar-refractivity contribution >= 4 is 35.4 Å². The van der Waals surface area contributed by atoms with E-state index in [1.165, 1.54) is 5.56 Å². The van der Waals surface area contributed by atoms with Crippen molar-refractivity contribution in [3.8, 4) is 5.75 Å². The van der Waals surface area contributed by atoms with Gasteiger partial charge >= 0.3 is 0 Å². The van der Waals surface area contributed by atoms with Crippen LogP contribution < -0.4 is 4.74 Å². The van der Waals surface area contributed by atoms with Crippen molar-refractivity contribution in [3.63, 3.8) is 0 Å². The van der Waals surface area contributed by atoms with Gasteiger partial charge in [-0.15, -0.1) is 0 Å². The molecule has 0 aliphatic rings. The summed E-state index contributed by atoms with van der Waals surface area (Å²) in [6, 6.07) is 24.1. The molecule has 0 bridgehead atoms. The number of fused-ring (bicyclic) bond motifs is 1. The second-order valence-electron chi connectivity index (χ2n) is 6.13. The molecule has 3 heteroatoms. The Morgan fingerprint density at radius 3 is 2.33 bits per heavy atom. The monoisotopic (exact) mass is 353 g/mol. The summed E-state index contributed by atoms with van der Waals surface area (Å²) in [7, 11) is 1.66. The van der Waals surface area contributed by atoms with Gasteiger partial charge < -0.3 is 9.15 Å². The highest BCUT2D eigenvalue weighted by atomic mass is 16.5. The van der Waals surface area contributed by atoms with Crippen LogP contribution in [0.1, 0.15) is 22.6 Å². The molecule has 4 aromatic rings. The molecule has 1 aromatic heterocycles. The smallest absolute Gasteiger partial charge is 0.220 e. The highest BCUT2D eigenvalue weighted by molar-refractivity contribution is 5.81. The van der Waals surface area contributed by atoms with Gasteiger partial charge in [0, 0.05) is 6.08 Å². The zero-order valence-electron chi connectivity index (χ0n) is 15.0. The zero-order valence-corrected chi connectivity index (χ0v) is 15.0. The summed E-state index contributed by atoms with van der Waals surface area (Å²) in [5, 5.41) is 0. The molecule has 0 atom stereocenters. The Labute approximate surface area is 158 Å². The molecule has 0 aliphatic heterocycles. The Balaban J connectivity index is 1.55. The van der Waals surface area contributed by atoms with Crippen LogP contribution in [0, 0.1) is 0 Å². The average molecular weight is 353 g/mol. The number of aromatic nitrogens is 1. The van der Waals surface area contributed by atoms with E-state index in [1.807, 2.05) is 72.8 Å². The zero-order chi connectivity index (χ0) is 18.5. The van der Waals surface area contributed by atoms with Crippen LogP contribution in [0.5, 0.6) is 5.75 Å². The SMILES string of the molecule is COc1cccc(C=Cc2nc3cc(C=Cc4ccccc4)ccc3o2)c1. The molecule has 0 unspecified atom stereocenters. The summed E-state index contributed by atoms with van der Waals surface area (Å²) in [6.45, 7) is 0. The van der Waals surface area contributed by atoms with Crippen molar-refractivity contribution in [2.45, 2.75) is 0 Å². The third kappa shape index (κ3) is 4.15. The summed E-state index contributed by atoms with van der Waals surface area (Å²) in [4.78, 5) is 4.57. The Kier molecular flexibility index (Phi) is 4.84. The maximum atomic E-state index is 5.81. The number of hydrogen-bond acceptors (Lipinski definition) is 3. The molecule has 0 N–H and O–H groups in total. The molecule has 1 heterocycles. The van der Waals surface area contributed by atoms with Gasteiger partial charge in [-0.05, 0) is 47.0 Å². The Bertz CT molecular complexity index is 1110. The van der Waals surface area contributed by atoms with Gasteiger partial charge in [0.25, 0.3) is 0 Å². The molecule has 0 spiro atoms. The molecule has 0 aliphatic carbocycles. The summed E-state index contributed by atoms with van der Waals surface area (Å²) in [6.07, 6.45) is 8.00. The predicted octanol–water partition coefficient (Wildman–Crippen LogP) is 6.18. The number of hydrogen-bond donors (Lipinski definition) is 0. The number of methoxy groups -OCH3 is 1. The van der Waals surface area contributed by atoms with E-state index in [1.54, 1.807) is 7.11 Å². The Morgan fingerprint density at radius 2 is 1.48 bits per heavy atom. The lowest BCUT2D eigenvalue weighted by atomic mass is 10.1. The van der Waals surface area contributed by atoms with Gasteiger partial charge in [0.2, 0.25) is 5.89 Å². The molecule has 0 amide bonds. The summed E-state index contributed by atoms with van der Waals surface area (Å²) < 4.78 is 11.1. The average Bonchev–Trinajstić information content (AvgIpc) is 3.14. The first kappa shape index (κ1) is 16.9. The van der Waals surface area contributed by atoms with Crippen molar-refractivity contribution in [2.24, 2.45) is 0 Å². The predicted molar refractivity (Wildman–Crippen MR) is 111 cm³/mol. The molecule has 0 radical (unpaired) electrons. The lowest BCUT2D eigenvalue weighted by Gasteiger charge is -1.99. The number of nitrogens with zero attached hydrogens (tertiary/aromatic N) is 1. The highest BCUT2D eigenvalue weighted by Gasteiger charge is 2.03. The minimum atomic E-state index is 0.581. The fourth-order valence-corrected chi connectivity index (χ4v) is 2.81. The Morgan fingerprint density at radius 1 is 0.741 bits per heavy atom. The van der Waals surface area contributed by atoms with Crippen molar-refractivity contribution in [1.82, 2.24) is 4.98 Å². The van der Waals surface area contributed by atoms with Crippen LogP contribution in [0.2, 0.25) is 0 Å². The number of ether oxygens (including phenoxy) is 1. The van der Waals surface area contributed by atoms with Gasteiger partial charge in [0.1, 0.15) is 11.3 Å². The van der Waals surface area contributed by atoms with E-state index in [-0.39, 0.29) is 0 Å². The molecule has 3 nitrogen and oxygen atoms in total. The van der Waals surface area contributed by atoms with Gasteiger partial charge in [-0.25, -0.2) is 4.98 Å². The van der Waals surface area contributed by atoms with Crippen LogP contribution in [-0.2, 0) is 0 Å². The van der Waals surface area contributed by atoms with Crippen LogP contribution in [0.3, 0.4) is 0 Å². The lowest BCUT2D eigenvalue weighted by molar-refractivity contribution is 0.414. The summed E-state index contributed by atoms with van der Waals surface area (Å²) >= 11 is 0. The number of rotatable bonds is 5. The van der Waals surface area contributed by atoms with E-state index in [2.05, 4.69) is 29.3 Å². The van der Waals surface area contributed by atoms with E-state index in [0.29, 0.717) is 5.89 Å². The number of oxazole rings is 1. The standard InChI is InChI=1S/C24H19NO2/c1-26-21-9-5-8-19(16-21)13-15-24-25-22-17-20(12-14-23(22)27-24)11-10-18-6-3-2-4-7-18/h2-17H,1H3. The first-order valence-electron chi connectivity index (χ1n) is 8.76. The minimum absolute atomic E-state index is 0.581. The van der Waals surface area contributed by atoms with E-state index in [9.17, 15) is 0 Å². The van der Waals surface area contributed by atoms with Crippen LogP contribution in [-0.4, -0.2) is 12.1 Å². The fraction of sp³-hybridized carbons (Fsp3) is 0.0417. The van der Waals surface area contributed by atoms with Gasteiger partial charge in [0.15, 0.2) is 5.58 Å². The topological polar surface area (TPSA) is 35.3 Å². The van der Waals surface area contributed by atoms with Crippen molar-refractivity contribution in [1.29, 1.82) is 0 Å². The molecule has 3 aromatic carbocycles. The third-order valence-electron chi connectivity index (χ3n) is 4.21. The molecule has 132 valence electrons. The molecule has 27 heavy (non-hydrogen) atoms. The van der Waals surface area contributed by atoms with E-state index >= 15 is 0 Å². The van der Waals surface area contributed by atoms with Crippen LogP contribution >= 0.6 is 0 Å². The normalized spacial score (nSPS) is 11.6. The summed E-state index contributed by atoms with van der Waals surface area (Å²) in [5.74, 6) is 1.40. The highest BCUT2D eigenvalue weighted by Crippen LogP contribution is 2.21. The third-order valence-corrected chi connectivity index (χ3v) is 4.21. The molecule has 4 rings (SSSR count). The first-order valence-corrected chi connectivity index (χ1v) is 8.76. The van der Waals surface area contributed by atoms with Gasteiger partial charge in [-0.3, -0.25) is 0 Å². The van der Waals surface area contributed by atoms with Gasteiger partial charge in [0.05, 0.1) is 7.11 Å². The van der Waals surface area contributed by atoms with Gasteiger partial charge in [-0.2, -0.15) is 0 Å². The first-order chi connectivity index (χ1) is 13.3. The van der Waals surface area contributed by atoms with Crippen molar-refractivity contribution in [3.05, 3.63) is 95.4 Å². The van der Waals surface area contributed by atoms with Gasteiger partial charge in [-0.1, -0.05) is 60.7 Å².